The SMILES string of the molecule is O=C(NCC(O)c1ccccc1)c1ccc(C2(N3CCCCC3)CCCCC2)cc1. The van der Waals surface area contributed by atoms with Gasteiger partial charge in [-0.25, -0.2) is 0 Å². The first-order chi connectivity index (χ1) is 14.7. The fraction of sp³-hybridized carbons (Fsp3) is 0.500. The van der Waals surface area contributed by atoms with Crippen LogP contribution in [0.1, 0.15) is 79.0 Å². The van der Waals surface area contributed by atoms with Crippen LogP contribution in [0.5, 0.6) is 0 Å². The Morgan fingerprint density at radius 3 is 2.20 bits per heavy atom. The number of nitrogens with zero attached hydrogens (tertiary/aromatic N) is 1. The normalized spacial score (nSPS) is 20.4. The highest BCUT2D eigenvalue weighted by Gasteiger charge is 2.39. The van der Waals surface area contributed by atoms with Crippen LogP contribution in [0.25, 0.3) is 0 Å². The lowest BCUT2D eigenvalue weighted by atomic mass is 9.74. The Balaban J connectivity index is 1.43. The van der Waals surface area contributed by atoms with Crippen LogP contribution in [0.15, 0.2) is 54.6 Å². The second kappa shape index (κ2) is 9.76. The van der Waals surface area contributed by atoms with Gasteiger partial charge in [0.05, 0.1) is 6.10 Å². The number of benzene rings is 2. The number of nitrogens with one attached hydrogen (secondary N) is 1. The van der Waals surface area contributed by atoms with Crippen LogP contribution in [0, 0.1) is 0 Å². The van der Waals surface area contributed by atoms with Gasteiger partial charge in [-0.2, -0.15) is 0 Å². The molecule has 4 nitrogen and oxygen atoms in total. The molecule has 2 aromatic carbocycles. The molecule has 1 unspecified atom stereocenters. The molecular weight excluding hydrogens is 372 g/mol. The first-order valence-electron chi connectivity index (χ1n) is 11.6. The second-order valence-electron chi connectivity index (χ2n) is 8.85. The number of carbonyl (C=O) groups is 1. The molecule has 2 aromatic rings. The molecule has 2 aliphatic rings. The summed E-state index contributed by atoms with van der Waals surface area (Å²) in [6, 6.07) is 17.7. The summed E-state index contributed by atoms with van der Waals surface area (Å²) in [6.07, 6.45) is 9.60. The Hall–Kier alpha value is -2.17. The first kappa shape index (κ1) is 21.1. The van der Waals surface area contributed by atoms with Crippen LogP contribution in [0.3, 0.4) is 0 Å². The third-order valence-electron chi connectivity index (χ3n) is 6.97. The monoisotopic (exact) mass is 406 g/mol. The van der Waals surface area contributed by atoms with E-state index in [0.29, 0.717) is 5.56 Å². The van der Waals surface area contributed by atoms with Crippen LogP contribution in [0.2, 0.25) is 0 Å². The zero-order chi connectivity index (χ0) is 20.8. The minimum Gasteiger partial charge on any atom is -0.387 e. The van der Waals surface area contributed by atoms with Gasteiger partial charge in [-0.05, 0) is 62.0 Å². The Bertz CT molecular complexity index is 807. The number of aliphatic hydroxyl groups excluding tert-OH is 1. The van der Waals surface area contributed by atoms with E-state index in [1.807, 2.05) is 42.5 Å². The smallest absolute Gasteiger partial charge is 0.251 e. The summed E-state index contributed by atoms with van der Waals surface area (Å²) >= 11 is 0. The summed E-state index contributed by atoms with van der Waals surface area (Å²) in [6.45, 7) is 2.60. The number of amides is 1. The minimum absolute atomic E-state index is 0.132. The molecule has 0 radical (unpaired) electrons. The minimum atomic E-state index is -0.695. The summed E-state index contributed by atoms with van der Waals surface area (Å²) in [5, 5.41) is 13.2. The maximum atomic E-state index is 12.6. The van der Waals surface area contributed by atoms with Crippen LogP contribution in [-0.4, -0.2) is 35.5 Å². The summed E-state index contributed by atoms with van der Waals surface area (Å²) in [7, 11) is 0. The average molecular weight is 407 g/mol. The highest BCUT2D eigenvalue weighted by atomic mass is 16.3. The van der Waals surface area contributed by atoms with E-state index in [4.69, 9.17) is 0 Å². The molecule has 1 amide bonds. The van der Waals surface area contributed by atoms with Crippen molar-refractivity contribution in [1.29, 1.82) is 0 Å². The van der Waals surface area contributed by atoms with E-state index in [1.165, 1.54) is 70.0 Å². The van der Waals surface area contributed by atoms with Gasteiger partial charge in [0, 0.05) is 17.6 Å². The third-order valence-corrected chi connectivity index (χ3v) is 6.97. The zero-order valence-corrected chi connectivity index (χ0v) is 17.9. The number of likely N-dealkylation sites (tertiary alicyclic amines) is 1. The van der Waals surface area contributed by atoms with Gasteiger partial charge >= 0.3 is 0 Å². The van der Waals surface area contributed by atoms with Crippen molar-refractivity contribution in [2.45, 2.75) is 63.0 Å². The third kappa shape index (κ3) is 4.60. The average Bonchev–Trinajstić information content (AvgIpc) is 2.84. The van der Waals surface area contributed by atoms with E-state index in [0.717, 1.165) is 5.56 Å². The lowest BCUT2D eigenvalue weighted by Gasteiger charge is -2.48. The predicted molar refractivity (Wildman–Crippen MR) is 120 cm³/mol. The van der Waals surface area contributed by atoms with Crippen LogP contribution in [0.4, 0.5) is 0 Å². The molecule has 0 spiro atoms. The van der Waals surface area contributed by atoms with E-state index in [1.54, 1.807) is 0 Å². The van der Waals surface area contributed by atoms with Crippen molar-refractivity contribution < 1.29 is 9.90 Å². The van der Waals surface area contributed by atoms with Gasteiger partial charge in [-0.3, -0.25) is 9.69 Å². The number of rotatable bonds is 6. The highest BCUT2D eigenvalue weighted by molar-refractivity contribution is 5.94. The Kier molecular flexibility index (Phi) is 6.86. The molecule has 1 saturated heterocycles. The van der Waals surface area contributed by atoms with Gasteiger partial charge in [-0.1, -0.05) is 68.1 Å². The molecule has 1 atom stereocenters. The fourth-order valence-corrected chi connectivity index (χ4v) is 5.26. The summed E-state index contributed by atoms with van der Waals surface area (Å²) in [5.41, 5.74) is 2.99. The van der Waals surface area contributed by atoms with Gasteiger partial charge < -0.3 is 10.4 Å². The standard InChI is InChI=1S/C26H34N2O2/c29-24(21-10-4-1-5-11-21)20-27-25(30)22-12-14-23(15-13-22)26(16-6-2-7-17-26)28-18-8-3-9-19-28/h1,4-5,10-15,24,29H,2-3,6-9,16-20H2,(H,27,30). The van der Waals surface area contributed by atoms with Crippen molar-refractivity contribution in [2.75, 3.05) is 19.6 Å². The quantitative estimate of drug-likeness (QED) is 0.725. The Morgan fingerprint density at radius 1 is 0.900 bits per heavy atom. The van der Waals surface area contributed by atoms with Crippen molar-refractivity contribution in [1.82, 2.24) is 10.2 Å². The number of hydrogen-bond acceptors (Lipinski definition) is 3. The molecule has 1 aliphatic carbocycles. The molecule has 2 N–H and O–H groups in total. The molecule has 0 aromatic heterocycles. The Morgan fingerprint density at radius 2 is 1.53 bits per heavy atom. The van der Waals surface area contributed by atoms with Crippen molar-refractivity contribution >= 4 is 5.91 Å². The van der Waals surface area contributed by atoms with E-state index in [-0.39, 0.29) is 18.0 Å². The van der Waals surface area contributed by atoms with Crippen molar-refractivity contribution in [3.63, 3.8) is 0 Å². The molecule has 1 heterocycles. The van der Waals surface area contributed by atoms with Crippen molar-refractivity contribution in [3.8, 4) is 0 Å². The maximum Gasteiger partial charge on any atom is 0.251 e. The molecule has 160 valence electrons. The van der Waals surface area contributed by atoms with Gasteiger partial charge in [0.15, 0.2) is 0 Å². The second-order valence-corrected chi connectivity index (χ2v) is 8.85. The molecule has 1 saturated carbocycles. The largest absolute Gasteiger partial charge is 0.387 e. The maximum absolute atomic E-state index is 12.6. The zero-order valence-electron chi connectivity index (χ0n) is 17.9. The van der Waals surface area contributed by atoms with Gasteiger partial charge in [0.25, 0.3) is 5.91 Å². The molecule has 4 heteroatoms. The predicted octanol–water partition coefficient (Wildman–Crippen LogP) is 4.80. The fourth-order valence-electron chi connectivity index (χ4n) is 5.26. The first-order valence-corrected chi connectivity index (χ1v) is 11.6. The van der Waals surface area contributed by atoms with Gasteiger partial charge in [-0.15, -0.1) is 0 Å². The van der Waals surface area contributed by atoms with E-state index in [9.17, 15) is 9.90 Å². The molecule has 2 fully saturated rings. The van der Waals surface area contributed by atoms with E-state index in [2.05, 4.69) is 22.3 Å². The number of piperidine rings is 1. The van der Waals surface area contributed by atoms with Crippen LogP contribution < -0.4 is 5.32 Å². The van der Waals surface area contributed by atoms with E-state index < -0.39 is 6.10 Å². The molecule has 0 bridgehead atoms. The molecule has 30 heavy (non-hydrogen) atoms. The summed E-state index contributed by atoms with van der Waals surface area (Å²) in [5.74, 6) is -0.132. The van der Waals surface area contributed by atoms with Gasteiger partial charge in [0.1, 0.15) is 0 Å². The van der Waals surface area contributed by atoms with Crippen LogP contribution in [-0.2, 0) is 5.54 Å². The number of aliphatic hydroxyl groups is 1. The lowest BCUT2D eigenvalue weighted by Crippen LogP contribution is -2.49. The van der Waals surface area contributed by atoms with Gasteiger partial charge in [0.2, 0.25) is 0 Å². The highest BCUT2D eigenvalue weighted by Crippen LogP contribution is 2.43. The lowest BCUT2D eigenvalue weighted by molar-refractivity contribution is 0.0303. The summed E-state index contributed by atoms with van der Waals surface area (Å²) in [4.78, 5) is 15.3. The molecule has 1 aliphatic heterocycles. The van der Waals surface area contributed by atoms with Crippen molar-refractivity contribution in [3.05, 3.63) is 71.3 Å². The topological polar surface area (TPSA) is 52.6 Å². The van der Waals surface area contributed by atoms with E-state index >= 15 is 0 Å². The van der Waals surface area contributed by atoms with Crippen molar-refractivity contribution in [2.24, 2.45) is 0 Å². The molecular formula is C26H34N2O2. The number of carbonyl (C=O) groups excluding carboxylic acids is 1. The summed E-state index contributed by atoms with van der Waals surface area (Å²) < 4.78 is 0. The molecule has 4 rings (SSSR count). The number of hydrogen-bond donors (Lipinski definition) is 2. The Labute approximate surface area is 180 Å². The van der Waals surface area contributed by atoms with Crippen LogP contribution >= 0.6 is 0 Å².